The number of piperidine rings is 1. The number of nitriles is 1. The number of thiazole rings is 1. The molecule has 5 rings (SSSR count). The van der Waals surface area contributed by atoms with Crippen molar-refractivity contribution in [3.63, 3.8) is 0 Å². The number of ether oxygens (including phenoxy) is 1. The van der Waals surface area contributed by atoms with E-state index in [2.05, 4.69) is 31.0 Å². The summed E-state index contributed by atoms with van der Waals surface area (Å²) in [5.74, 6) is 1.60. The highest BCUT2D eigenvalue weighted by Crippen LogP contribution is 2.35. The van der Waals surface area contributed by atoms with Crippen molar-refractivity contribution in [2.75, 3.05) is 25.5 Å². The topological polar surface area (TPSA) is 133 Å². The van der Waals surface area contributed by atoms with Crippen molar-refractivity contribution in [3.05, 3.63) is 64.2 Å². The Morgan fingerprint density at radius 1 is 1.13 bits per heavy atom. The fraction of sp³-hybridized carbons (Fsp3) is 0.333. The number of sulfonamides is 1. The third kappa shape index (κ3) is 6.02. The summed E-state index contributed by atoms with van der Waals surface area (Å²) in [4.78, 5) is 16.3. The zero-order valence-electron chi connectivity index (χ0n) is 21.9. The smallest absolute Gasteiger partial charge is 0.243 e. The molecule has 10 nitrogen and oxygen atoms in total. The van der Waals surface area contributed by atoms with Gasteiger partial charge in [-0.2, -0.15) is 15.2 Å². The lowest BCUT2D eigenvalue weighted by Crippen LogP contribution is -2.39. The van der Waals surface area contributed by atoms with Crippen LogP contribution in [-0.2, 0) is 16.6 Å². The molecule has 0 atom stereocenters. The molecule has 2 aromatic heterocycles. The van der Waals surface area contributed by atoms with Gasteiger partial charge in [0.15, 0.2) is 5.65 Å². The zero-order valence-corrected chi connectivity index (χ0v) is 23.6. The third-order valence-corrected chi connectivity index (χ3v) is 9.01. The van der Waals surface area contributed by atoms with Crippen LogP contribution in [0.4, 0.5) is 5.95 Å². The zero-order chi connectivity index (χ0) is 27.6. The van der Waals surface area contributed by atoms with Gasteiger partial charge in [-0.3, -0.25) is 4.90 Å². The first-order valence-electron chi connectivity index (χ1n) is 12.6. The molecule has 0 spiro atoms. The van der Waals surface area contributed by atoms with Crippen molar-refractivity contribution in [1.29, 1.82) is 5.26 Å². The highest BCUT2D eigenvalue weighted by molar-refractivity contribution is 7.89. The number of nitrogens with zero attached hydrogens (tertiary/aromatic N) is 5. The van der Waals surface area contributed by atoms with Crippen LogP contribution >= 0.6 is 11.3 Å². The quantitative estimate of drug-likeness (QED) is 0.321. The number of hydrogen-bond donors (Lipinski definition) is 2. The molecule has 0 aliphatic carbocycles. The molecule has 3 heterocycles. The van der Waals surface area contributed by atoms with Crippen molar-refractivity contribution in [2.24, 2.45) is 0 Å². The number of aryl methyl sites for hydroxylation is 2. The van der Waals surface area contributed by atoms with E-state index in [0.717, 1.165) is 53.9 Å². The molecule has 39 heavy (non-hydrogen) atoms. The summed E-state index contributed by atoms with van der Waals surface area (Å²) in [7, 11) is -2.02. The second kappa shape index (κ2) is 11.2. The van der Waals surface area contributed by atoms with Gasteiger partial charge in [-0.15, -0.1) is 11.3 Å². The largest absolute Gasteiger partial charge is 0.437 e. The molecule has 2 N–H and O–H groups in total. The number of likely N-dealkylation sites (tertiary alicyclic amines) is 1. The van der Waals surface area contributed by atoms with E-state index in [4.69, 9.17) is 9.72 Å². The second-order valence-electron chi connectivity index (χ2n) is 9.56. The van der Waals surface area contributed by atoms with Gasteiger partial charge in [-0.25, -0.2) is 18.1 Å². The Labute approximate surface area is 231 Å². The first-order chi connectivity index (χ1) is 18.8. The van der Waals surface area contributed by atoms with E-state index < -0.39 is 10.0 Å². The van der Waals surface area contributed by atoms with Crippen molar-refractivity contribution in [2.45, 2.75) is 44.2 Å². The Kier molecular flexibility index (Phi) is 7.76. The molecule has 1 aliphatic heterocycles. The molecule has 0 saturated carbocycles. The monoisotopic (exact) mass is 563 g/mol. The fourth-order valence-electron chi connectivity index (χ4n) is 4.71. The molecular weight excluding hydrogens is 534 g/mol. The molecule has 12 heteroatoms. The molecule has 1 fully saturated rings. The molecule has 0 unspecified atom stereocenters. The van der Waals surface area contributed by atoms with Gasteiger partial charge in [-0.1, -0.05) is 12.1 Å². The van der Waals surface area contributed by atoms with Crippen LogP contribution in [0.5, 0.6) is 11.6 Å². The van der Waals surface area contributed by atoms with Gasteiger partial charge in [0.25, 0.3) is 0 Å². The maximum absolute atomic E-state index is 12.0. The number of aromatic nitrogens is 3. The number of anilines is 1. The molecular formula is C27H29N7O3S2. The summed E-state index contributed by atoms with van der Waals surface area (Å²) >= 11 is 1.43. The van der Waals surface area contributed by atoms with E-state index in [1.807, 2.05) is 26.0 Å². The van der Waals surface area contributed by atoms with E-state index >= 15 is 0 Å². The van der Waals surface area contributed by atoms with Crippen LogP contribution in [0.2, 0.25) is 0 Å². The van der Waals surface area contributed by atoms with Crippen molar-refractivity contribution in [3.8, 4) is 17.7 Å². The summed E-state index contributed by atoms with van der Waals surface area (Å²) in [6.45, 7) is 6.37. The summed E-state index contributed by atoms with van der Waals surface area (Å²) < 4.78 is 33.3. The molecule has 2 aromatic carbocycles. The summed E-state index contributed by atoms with van der Waals surface area (Å²) in [6, 6.07) is 13.0. The summed E-state index contributed by atoms with van der Waals surface area (Å²) in [5.41, 5.74) is 5.70. The van der Waals surface area contributed by atoms with Gasteiger partial charge in [-0.05, 0) is 74.7 Å². The Hall–Kier alpha value is -3.63. The minimum atomic E-state index is -3.43. The van der Waals surface area contributed by atoms with E-state index in [-0.39, 0.29) is 10.9 Å². The lowest BCUT2D eigenvalue weighted by atomic mass is 10.0. The molecule has 0 amide bonds. The van der Waals surface area contributed by atoms with E-state index in [1.54, 1.807) is 29.8 Å². The Bertz CT molecular complexity index is 1620. The molecule has 1 saturated heterocycles. The third-order valence-electron chi connectivity index (χ3n) is 6.78. The number of rotatable bonds is 8. The predicted molar refractivity (Wildman–Crippen MR) is 151 cm³/mol. The van der Waals surface area contributed by atoms with Gasteiger partial charge >= 0.3 is 0 Å². The first-order valence-corrected chi connectivity index (χ1v) is 14.9. The van der Waals surface area contributed by atoms with Gasteiger partial charge in [0.2, 0.25) is 21.9 Å². The maximum atomic E-state index is 12.0. The van der Waals surface area contributed by atoms with Crippen LogP contribution in [0, 0.1) is 25.2 Å². The Morgan fingerprint density at radius 2 is 1.82 bits per heavy atom. The minimum Gasteiger partial charge on any atom is -0.437 e. The summed E-state index contributed by atoms with van der Waals surface area (Å²) in [5, 5.41) is 12.7. The van der Waals surface area contributed by atoms with Gasteiger partial charge in [0.05, 0.1) is 22.0 Å². The van der Waals surface area contributed by atoms with Gasteiger partial charge < -0.3 is 10.1 Å². The van der Waals surface area contributed by atoms with Crippen LogP contribution in [0.25, 0.3) is 10.3 Å². The summed E-state index contributed by atoms with van der Waals surface area (Å²) in [6.07, 6.45) is 1.82. The maximum Gasteiger partial charge on any atom is 0.243 e. The standard InChI is InChI=1S/C27H29N7O3S2/c1-17-12-20(14-28)13-18(2)23(17)37-26-24-25(30-16-38-24)32-27(33-26)31-21-8-10-34(11-9-21)15-19-4-6-22(7-5-19)39(35,36)29-3/h4-7,12-13,16,21,29H,8-11,15H2,1-3H3,(H,31,32,33). The van der Waals surface area contributed by atoms with Gasteiger partial charge in [0.1, 0.15) is 10.4 Å². The number of hydrogen-bond acceptors (Lipinski definition) is 10. The van der Waals surface area contributed by atoms with Crippen molar-refractivity contribution >= 4 is 37.7 Å². The normalized spacial score (nSPS) is 14.8. The SMILES string of the molecule is CNS(=O)(=O)c1ccc(CN2CCC(Nc3nc(Oc4c(C)cc(C#N)cc4C)c4scnc4n3)CC2)cc1. The van der Waals surface area contributed by atoms with E-state index in [0.29, 0.717) is 28.8 Å². The molecule has 0 bridgehead atoms. The average Bonchev–Trinajstić information content (AvgIpc) is 3.41. The van der Waals surface area contributed by atoms with E-state index in [1.165, 1.54) is 18.4 Å². The van der Waals surface area contributed by atoms with Crippen molar-refractivity contribution in [1.82, 2.24) is 24.6 Å². The highest BCUT2D eigenvalue weighted by atomic mass is 32.2. The minimum absolute atomic E-state index is 0.201. The highest BCUT2D eigenvalue weighted by Gasteiger charge is 2.22. The van der Waals surface area contributed by atoms with Crippen LogP contribution in [0.1, 0.15) is 35.1 Å². The fourth-order valence-corrected chi connectivity index (χ4v) is 6.09. The van der Waals surface area contributed by atoms with Crippen LogP contribution in [0.15, 0.2) is 46.8 Å². The molecule has 202 valence electrons. The van der Waals surface area contributed by atoms with Crippen molar-refractivity contribution < 1.29 is 13.2 Å². The second-order valence-corrected chi connectivity index (χ2v) is 12.3. The van der Waals surface area contributed by atoms with E-state index in [9.17, 15) is 13.7 Å². The number of fused-ring (bicyclic) bond motifs is 1. The molecule has 1 aliphatic rings. The lowest BCUT2D eigenvalue weighted by Gasteiger charge is -2.32. The Balaban J connectivity index is 1.24. The predicted octanol–water partition coefficient (Wildman–Crippen LogP) is 4.35. The number of benzene rings is 2. The van der Waals surface area contributed by atoms with Gasteiger partial charge in [0, 0.05) is 25.7 Å². The number of nitrogens with one attached hydrogen (secondary N) is 2. The lowest BCUT2D eigenvalue weighted by molar-refractivity contribution is 0.211. The average molecular weight is 564 g/mol. The van der Waals surface area contributed by atoms with Crippen LogP contribution in [0.3, 0.4) is 0 Å². The van der Waals surface area contributed by atoms with Crippen LogP contribution < -0.4 is 14.8 Å². The Morgan fingerprint density at radius 3 is 2.46 bits per heavy atom. The first kappa shape index (κ1) is 27.0. The molecule has 0 radical (unpaired) electrons. The molecule has 4 aromatic rings. The van der Waals surface area contributed by atoms with Crippen LogP contribution in [-0.4, -0.2) is 54.4 Å².